The largest absolute Gasteiger partial charge is 0.400 e. The summed E-state index contributed by atoms with van der Waals surface area (Å²) in [6.45, 7) is 0. The smallest absolute Gasteiger partial charge is 0.331 e. The number of carbonyl (C=O) groups is 1. The lowest BCUT2D eigenvalue weighted by molar-refractivity contribution is -0.117. The molecule has 4 aromatic rings. The van der Waals surface area contributed by atoms with Gasteiger partial charge in [-0.25, -0.2) is 19.2 Å². The molecule has 0 aliphatic carbocycles. The van der Waals surface area contributed by atoms with E-state index in [-0.39, 0.29) is 17.1 Å². The molecule has 31 heavy (non-hydrogen) atoms. The van der Waals surface area contributed by atoms with Crippen LogP contribution in [-0.4, -0.2) is 45.9 Å². The summed E-state index contributed by atoms with van der Waals surface area (Å²) < 4.78 is 48.7. The fourth-order valence-electron chi connectivity index (χ4n) is 2.63. The molecule has 4 rings (SSSR count). The van der Waals surface area contributed by atoms with E-state index in [0.717, 1.165) is 0 Å². The van der Waals surface area contributed by atoms with Crippen molar-refractivity contribution in [2.45, 2.75) is 16.7 Å². The SMILES string of the molecule is CS(=O)(=NC(=O)Cc1cn2ccc(-c3noc(C(F)(F)Cl)n3)cc2n1)c1cncnc1. The Morgan fingerprint density at radius 1 is 1.32 bits per heavy atom. The van der Waals surface area contributed by atoms with Crippen molar-refractivity contribution < 1.29 is 22.3 Å². The predicted octanol–water partition coefficient (Wildman–Crippen LogP) is 2.69. The Hall–Kier alpha value is -3.32. The first-order valence-electron chi connectivity index (χ1n) is 8.51. The molecule has 1 atom stereocenters. The van der Waals surface area contributed by atoms with E-state index in [1.54, 1.807) is 22.9 Å². The van der Waals surface area contributed by atoms with Crippen LogP contribution in [0.5, 0.6) is 0 Å². The molecule has 0 fully saturated rings. The maximum absolute atomic E-state index is 13.1. The second-order valence-corrected chi connectivity index (χ2v) is 9.11. The molecule has 0 aliphatic rings. The van der Waals surface area contributed by atoms with Gasteiger partial charge in [0.05, 0.1) is 26.7 Å². The summed E-state index contributed by atoms with van der Waals surface area (Å²) >= 11 is 4.88. The monoisotopic (exact) mass is 467 g/mol. The fourth-order valence-corrected chi connectivity index (χ4v) is 3.78. The van der Waals surface area contributed by atoms with Gasteiger partial charge < -0.3 is 8.92 Å². The Morgan fingerprint density at radius 3 is 2.74 bits per heavy atom. The quantitative estimate of drug-likeness (QED) is 0.410. The van der Waals surface area contributed by atoms with Gasteiger partial charge in [-0.2, -0.15) is 18.1 Å². The van der Waals surface area contributed by atoms with Crippen molar-refractivity contribution in [3.8, 4) is 11.4 Å². The standard InChI is InChI=1S/C17H12ClF2N7O3S/c1-31(29,12-6-21-9-22-7-12)26-14(28)5-11-8-27-3-2-10(4-13(27)23-11)15-24-16(30-25-15)17(18,19)20/h2-4,6-9H,5H2,1H3. The molecule has 10 nitrogen and oxygen atoms in total. The predicted molar refractivity (Wildman–Crippen MR) is 104 cm³/mol. The third-order valence-corrected chi connectivity index (χ3v) is 5.82. The summed E-state index contributed by atoms with van der Waals surface area (Å²) in [5, 5.41) is -0.289. The molecule has 0 aliphatic heterocycles. The molecule has 4 heterocycles. The molecule has 160 valence electrons. The zero-order valence-corrected chi connectivity index (χ0v) is 17.2. The van der Waals surface area contributed by atoms with Gasteiger partial charge in [-0.15, -0.1) is 0 Å². The summed E-state index contributed by atoms with van der Waals surface area (Å²) in [5.41, 5.74) is 1.13. The van der Waals surface area contributed by atoms with Crippen LogP contribution in [-0.2, 0) is 26.3 Å². The number of hydrogen-bond donors (Lipinski definition) is 0. The second kappa shape index (κ2) is 7.74. The number of halogens is 3. The highest BCUT2D eigenvalue weighted by molar-refractivity contribution is 7.93. The van der Waals surface area contributed by atoms with Crippen LogP contribution in [0.1, 0.15) is 11.6 Å². The molecule has 14 heteroatoms. The lowest BCUT2D eigenvalue weighted by Gasteiger charge is -2.01. The number of aromatic nitrogens is 6. The average Bonchev–Trinajstić information content (AvgIpc) is 3.34. The van der Waals surface area contributed by atoms with Gasteiger partial charge in [-0.1, -0.05) is 5.16 Å². The number of imidazole rings is 1. The van der Waals surface area contributed by atoms with Gasteiger partial charge in [0.2, 0.25) is 5.82 Å². The molecular weight excluding hydrogens is 456 g/mol. The summed E-state index contributed by atoms with van der Waals surface area (Å²) in [6, 6.07) is 3.08. The van der Waals surface area contributed by atoms with Crippen molar-refractivity contribution in [3.05, 3.63) is 54.8 Å². The maximum Gasteiger partial charge on any atom is 0.400 e. The van der Waals surface area contributed by atoms with Crippen LogP contribution in [0.3, 0.4) is 0 Å². The first kappa shape index (κ1) is 20.9. The number of amides is 1. The van der Waals surface area contributed by atoms with Crippen LogP contribution >= 0.6 is 11.6 Å². The third-order valence-electron chi connectivity index (χ3n) is 4.02. The van der Waals surface area contributed by atoms with Gasteiger partial charge in [0.25, 0.3) is 5.91 Å². The molecule has 0 spiro atoms. The molecular formula is C17H12ClF2N7O3S. The lowest BCUT2D eigenvalue weighted by Crippen LogP contribution is -2.06. The number of alkyl halides is 3. The number of hydrogen-bond acceptors (Lipinski definition) is 8. The Kier molecular flexibility index (Phi) is 5.23. The zero-order chi connectivity index (χ0) is 22.2. The molecule has 1 unspecified atom stereocenters. The number of carbonyl (C=O) groups excluding carboxylic acids is 1. The molecule has 0 saturated carbocycles. The van der Waals surface area contributed by atoms with Gasteiger partial charge >= 0.3 is 11.3 Å². The Balaban J connectivity index is 1.57. The Labute approximate surface area is 178 Å². The average molecular weight is 468 g/mol. The van der Waals surface area contributed by atoms with Gasteiger partial charge in [-0.3, -0.25) is 4.79 Å². The van der Waals surface area contributed by atoms with Gasteiger partial charge in [-0.05, 0) is 23.7 Å². The molecule has 0 aromatic carbocycles. The number of nitrogens with zero attached hydrogens (tertiary/aromatic N) is 7. The van der Waals surface area contributed by atoms with Crippen LogP contribution in [0, 0.1) is 0 Å². The van der Waals surface area contributed by atoms with Gasteiger partial charge in [0.15, 0.2) is 0 Å². The molecule has 0 saturated heterocycles. The van der Waals surface area contributed by atoms with Crippen LogP contribution in [0.25, 0.3) is 17.0 Å². The summed E-state index contributed by atoms with van der Waals surface area (Å²) in [4.78, 5) is 28.0. The van der Waals surface area contributed by atoms with Crippen molar-refractivity contribution in [1.29, 1.82) is 0 Å². The summed E-state index contributed by atoms with van der Waals surface area (Å²) in [6.07, 6.45) is 8.25. The minimum absolute atomic E-state index is 0.0933. The normalized spacial score (nSPS) is 13.8. The molecule has 0 N–H and O–H groups in total. The van der Waals surface area contributed by atoms with E-state index in [9.17, 15) is 17.8 Å². The van der Waals surface area contributed by atoms with Crippen LogP contribution in [0.2, 0.25) is 0 Å². The van der Waals surface area contributed by atoms with E-state index < -0.39 is 26.9 Å². The summed E-state index contributed by atoms with van der Waals surface area (Å²) in [7, 11) is -3.00. The van der Waals surface area contributed by atoms with Gasteiger partial charge in [0.1, 0.15) is 12.0 Å². The van der Waals surface area contributed by atoms with Crippen molar-refractivity contribution in [2.75, 3.05) is 6.26 Å². The van der Waals surface area contributed by atoms with Crippen molar-refractivity contribution in [2.24, 2.45) is 4.36 Å². The maximum atomic E-state index is 13.1. The topological polar surface area (TPSA) is 128 Å². The first-order valence-corrected chi connectivity index (χ1v) is 10.8. The first-order chi connectivity index (χ1) is 14.6. The summed E-state index contributed by atoms with van der Waals surface area (Å²) in [5.74, 6) is -1.75. The Morgan fingerprint density at radius 2 is 2.06 bits per heavy atom. The number of fused-ring (bicyclic) bond motifs is 1. The van der Waals surface area contributed by atoms with Gasteiger partial charge in [0, 0.05) is 36.6 Å². The highest BCUT2D eigenvalue weighted by Crippen LogP contribution is 2.32. The van der Waals surface area contributed by atoms with Crippen molar-refractivity contribution in [1.82, 2.24) is 29.5 Å². The fraction of sp³-hybridized carbons (Fsp3) is 0.176. The van der Waals surface area contributed by atoms with E-state index >= 15 is 0 Å². The van der Waals surface area contributed by atoms with E-state index in [1.165, 1.54) is 31.0 Å². The van der Waals surface area contributed by atoms with Crippen molar-refractivity contribution >= 4 is 32.9 Å². The van der Waals surface area contributed by atoms with E-state index in [0.29, 0.717) is 16.9 Å². The van der Waals surface area contributed by atoms with Crippen molar-refractivity contribution in [3.63, 3.8) is 0 Å². The molecule has 1 amide bonds. The van der Waals surface area contributed by atoms with E-state index in [4.69, 9.17) is 11.6 Å². The van der Waals surface area contributed by atoms with E-state index in [1.807, 2.05) is 0 Å². The minimum Gasteiger partial charge on any atom is -0.331 e. The third kappa shape index (κ3) is 4.56. The molecule has 4 aromatic heterocycles. The van der Waals surface area contributed by atoms with Crippen LogP contribution < -0.4 is 0 Å². The highest BCUT2D eigenvalue weighted by atomic mass is 35.5. The zero-order valence-electron chi connectivity index (χ0n) is 15.6. The highest BCUT2D eigenvalue weighted by Gasteiger charge is 2.35. The molecule has 0 radical (unpaired) electrons. The lowest BCUT2D eigenvalue weighted by atomic mass is 10.2. The number of rotatable bonds is 5. The second-order valence-electron chi connectivity index (χ2n) is 6.37. The van der Waals surface area contributed by atoms with E-state index in [2.05, 4.69) is 34.0 Å². The minimum atomic E-state index is -3.77. The van der Waals surface area contributed by atoms with Crippen LogP contribution in [0.4, 0.5) is 8.78 Å². The van der Waals surface area contributed by atoms with Crippen LogP contribution in [0.15, 0.2) is 57.0 Å². The Bertz CT molecular complexity index is 1390. The number of pyridine rings is 1. The molecule has 0 bridgehead atoms.